The van der Waals surface area contributed by atoms with E-state index >= 15 is 0 Å². The molecule has 6 rings (SSSR count). The Labute approximate surface area is 200 Å². The van der Waals surface area contributed by atoms with Gasteiger partial charge in [-0.3, -0.25) is 0 Å². The van der Waals surface area contributed by atoms with Gasteiger partial charge in [0.25, 0.3) is 0 Å². The molecule has 4 heteroatoms. The van der Waals surface area contributed by atoms with E-state index in [0.717, 1.165) is 77.0 Å². The largest absolute Gasteiger partial charge is 0.393 e. The maximum atomic E-state index is 14.1. The molecule has 2 aliphatic rings. The van der Waals surface area contributed by atoms with E-state index in [1.165, 1.54) is 30.9 Å². The van der Waals surface area contributed by atoms with Crippen molar-refractivity contribution >= 4 is 11.0 Å². The lowest BCUT2D eigenvalue weighted by Gasteiger charge is -2.25. The van der Waals surface area contributed by atoms with Crippen molar-refractivity contribution in [3.05, 3.63) is 77.9 Å². The molecule has 2 fully saturated rings. The van der Waals surface area contributed by atoms with Crippen LogP contribution in [0.1, 0.15) is 49.8 Å². The third-order valence-corrected chi connectivity index (χ3v) is 7.60. The molecule has 0 spiro atoms. The summed E-state index contributed by atoms with van der Waals surface area (Å²) in [7, 11) is 0. The van der Waals surface area contributed by atoms with Gasteiger partial charge in [0.15, 0.2) is 0 Å². The summed E-state index contributed by atoms with van der Waals surface area (Å²) in [5.74, 6) is 1.08. The van der Waals surface area contributed by atoms with Gasteiger partial charge in [-0.25, -0.2) is 9.37 Å². The van der Waals surface area contributed by atoms with Crippen LogP contribution in [0.2, 0.25) is 0 Å². The SMILES string of the molecule is OC1CCCC(Cc2ccc(-c3cnc4[nH]c(CC5CC5)c(-c5cccc(F)c5)c4c3)cc2)C1. The highest BCUT2D eigenvalue weighted by Crippen LogP contribution is 2.39. The Balaban J connectivity index is 1.32. The van der Waals surface area contributed by atoms with Gasteiger partial charge in [0.05, 0.1) is 6.10 Å². The molecule has 2 atom stereocenters. The lowest BCUT2D eigenvalue weighted by molar-refractivity contribution is 0.101. The summed E-state index contributed by atoms with van der Waals surface area (Å²) in [5, 5.41) is 11.0. The summed E-state index contributed by atoms with van der Waals surface area (Å²) in [6.45, 7) is 0. The molecule has 0 aliphatic heterocycles. The second-order valence-electron chi connectivity index (χ2n) is 10.3. The number of rotatable bonds is 6. The summed E-state index contributed by atoms with van der Waals surface area (Å²) in [5.41, 5.74) is 7.56. The van der Waals surface area contributed by atoms with Gasteiger partial charge in [-0.15, -0.1) is 0 Å². The fourth-order valence-electron chi connectivity index (χ4n) is 5.63. The number of H-pyrrole nitrogens is 1. The van der Waals surface area contributed by atoms with Crippen LogP contribution >= 0.6 is 0 Å². The van der Waals surface area contributed by atoms with E-state index in [9.17, 15) is 9.50 Å². The molecule has 3 nitrogen and oxygen atoms in total. The van der Waals surface area contributed by atoms with Gasteiger partial charge in [0.1, 0.15) is 11.5 Å². The number of aliphatic hydroxyl groups is 1. The van der Waals surface area contributed by atoms with Gasteiger partial charge < -0.3 is 10.1 Å². The molecule has 2 saturated carbocycles. The van der Waals surface area contributed by atoms with Crippen LogP contribution in [-0.4, -0.2) is 21.2 Å². The number of fused-ring (bicyclic) bond motifs is 1. The van der Waals surface area contributed by atoms with Gasteiger partial charge in [-0.2, -0.15) is 0 Å². The van der Waals surface area contributed by atoms with Crippen LogP contribution in [0.25, 0.3) is 33.3 Å². The van der Waals surface area contributed by atoms with Crippen molar-refractivity contribution in [2.24, 2.45) is 11.8 Å². The zero-order valence-electron chi connectivity index (χ0n) is 19.4. The second-order valence-corrected chi connectivity index (χ2v) is 10.3. The van der Waals surface area contributed by atoms with Crippen molar-refractivity contribution in [1.29, 1.82) is 0 Å². The summed E-state index contributed by atoms with van der Waals surface area (Å²) < 4.78 is 14.1. The third-order valence-electron chi connectivity index (χ3n) is 7.60. The van der Waals surface area contributed by atoms with E-state index < -0.39 is 0 Å². The predicted octanol–water partition coefficient (Wildman–Crippen LogP) is 7.08. The number of halogens is 1. The molecule has 2 aliphatic carbocycles. The first-order valence-corrected chi connectivity index (χ1v) is 12.7. The Hall–Kier alpha value is -2.98. The number of nitrogens with one attached hydrogen (secondary N) is 1. The van der Waals surface area contributed by atoms with Crippen LogP contribution in [-0.2, 0) is 12.8 Å². The number of aromatic amines is 1. The van der Waals surface area contributed by atoms with E-state index in [2.05, 4.69) is 35.3 Å². The van der Waals surface area contributed by atoms with Crippen molar-refractivity contribution in [3.8, 4) is 22.3 Å². The molecular weight excluding hydrogens is 423 g/mol. The lowest BCUT2D eigenvalue weighted by atomic mass is 9.83. The van der Waals surface area contributed by atoms with Gasteiger partial charge in [0, 0.05) is 28.4 Å². The fraction of sp³-hybridized carbons (Fsp3) is 0.367. The zero-order valence-corrected chi connectivity index (χ0v) is 19.4. The lowest BCUT2D eigenvalue weighted by Crippen LogP contribution is -2.20. The maximum absolute atomic E-state index is 14.1. The average molecular weight is 455 g/mol. The highest BCUT2D eigenvalue weighted by molar-refractivity contribution is 5.97. The van der Waals surface area contributed by atoms with Gasteiger partial charge in [-0.05, 0) is 91.7 Å². The van der Waals surface area contributed by atoms with E-state index in [4.69, 9.17) is 4.98 Å². The molecule has 0 amide bonds. The number of hydrogen-bond acceptors (Lipinski definition) is 2. The quantitative estimate of drug-likeness (QED) is 0.327. The maximum Gasteiger partial charge on any atom is 0.138 e. The fourth-order valence-corrected chi connectivity index (χ4v) is 5.63. The number of nitrogens with zero attached hydrogens (tertiary/aromatic N) is 1. The average Bonchev–Trinajstić information content (AvgIpc) is 3.57. The van der Waals surface area contributed by atoms with Gasteiger partial charge in [0.2, 0.25) is 0 Å². The molecule has 2 aromatic carbocycles. The van der Waals surface area contributed by atoms with Crippen LogP contribution < -0.4 is 0 Å². The van der Waals surface area contributed by atoms with Crippen molar-refractivity contribution in [1.82, 2.24) is 9.97 Å². The van der Waals surface area contributed by atoms with Crippen molar-refractivity contribution in [2.45, 2.75) is 57.5 Å². The van der Waals surface area contributed by atoms with Crippen LogP contribution in [0.15, 0.2) is 60.8 Å². The molecule has 2 N–H and O–H groups in total. The van der Waals surface area contributed by atoms with Gasteiger partial charge >= 0.3 is 0 Å². The minimum absolute atomic E-state index is 0.130. The standard InChI is InChI=1S/C30H31FN2O/c31-25-5-2-4-23(16-25)29-27-17-24(18-32-30(27)33-28(29)15-20-7-8-20)22-11-9-19(10-12-22)13-21-3-1-6-26(34)14-21/h2,4-5,9-12,16-18,20-21,26,34H,1,3,6-8,13-15H2,(H,32,33). The molecule has 0 bridgehead atoms. The molecule has 2 unspecified atom stereocenters. The Kier molecular flexibility index (Phi) is 5.70. The van der Waals surface area contributed by atoms with E-state index in [-0.39, 0.29) is 11.9 Å². The monoisotopic (exact) mass is 454 g/mol. The summed E-state index contributed by atoms with van der Waals surface area (Å²) in [6.07, 6.45) is 10.6. The summed E-state index contributed by atoms with van der Waals surface area (Å²) >= 11 is 0. The number of pyridine rings is 1. The van der Waals surface area contributed by atoms with E-state index in [1.54, 1.807) is 12.1 Å². The highest BCUT2D eigenvalue weighted by Gasteiger charge is 2.25. The molecule has 4 aromatic rings. The Morgan fingerprint density at radius 2 is 1.74 bits per heavy atom. The molecule has 0 radical (unpaired) electrons. The summed E-state index contributed by atoms with van der Waals surface area (Å²) in [4.78, 5) is 8.30. The van der Waals surface area contributed by atoms with Gasteiger partial charge in [-0.1, -0.05) is 42.8 Å². The first-order valence-electron chi connectivity index (χ1n) is 12.7. The number of aliphatic hydroxyl groups excluding tert-OH is 1. The predicted molar refractivity (Wildman–Crippen MR) is 135 cm³/mol. The molecular formula is C30H31FN2O. The third kappa shape index (κ3) is 4.52. The van der Waals surface area contributed by atoms with Crippen LogP contribution in [0.3, 0.4) is 0 Å². The molecule has 0 saturated heterocycles. The Morgan fingerprint density at radius 3 is 2.50 bits per heavy atom. The molecule has 2 heterocycles. The van der Waals surface area contributed by atoms with Crippen molar-refractivity contribution in [3.63, 3.8) is 0 Å². The first-order chi connectivity index (χ1) is 16.6. The first kappa shape index (κ1) is 21.5. The summed E-state index contributed by atoms with van der Waals surface area (Å²) in [6, 6.07) is 17.9. The normalized spacial score (nSPS) is 20.6. The Morgan fingerprint density at radius 1 is 0.882 bits per heavy atom. The van der Waals surface area contributed by atoms with Crippen LogP contribution in [0.4, 0.5) is 4.39 Å². The van der Waals surface area contributed by atoms with Crippen molar-refractivity contribution < 1.29 is 9.50 Å². The zero-order chi connectivity index (χ0) is 23.1. The number of hydrogen-bond donors (Lipinski definition) is 2. The van der Waals surface area contributed by atoms with E-state index in [0.29, 0.717) is 5.92 Å². The molecule has 2 aromatic heterocycles. The smallest absolute Gasteiger partial charge is 0.138 e. The minimum atomic E-state index is -0.214. The minimum Gasteiger partial charge on any atom is -0.393 e. The highest BCUT2D eigenvalue weighted by atomic mass is 19.1. The van der Waals surface area contributed by atoms with Crippen molar-refractivity contribution in [2.75, 3.05) is 0 Å². The van der Waals surface area contributed by atoms with Crippen LogP contribution in [0.5, 0.6) is 0 Å². The van der Waals surface area contributed by atoms with E-state index in [1.807, 2.05) is 12.3 Å². The number of benzene rings is 2. The Bertz CT molecular complexity index is 1310. The topological polar surface area (TPSA) is 48.9 Å². The van der Waals surface area contributed by atoms with Crippen LogP contribution in [0, 0.1) is 17.7 Å². The number of aromatic nitrogens is 2. The second kappa shape index (κ2) is 8.99. The molecule has 34 heavy (non-hydrogen) atoms. The molecule has 174 valence electrons.